The molecular formula is C14H20N2O4S. The van der Waals surface area contributed by atoms with Crippen LogP contribution in [0.5, 0.6) is 0 Å². The number of esters is 1. The van der Waals surface area contributed by atoms with Crippen LogP contribution in [-0.2, 0) is 26.1 Å². The van der Waals surface area contributed by atoms with Gasteiger partial charge in [0.2, 0.25) is 10.0 Å². The molecule has 21 heavy (non-hydrogen) atoms. The molecule has 0 spiro atoms. The first-order valence-corrected chi connectivity index (χ1v) is 8.39. The largest absolute Gasteiger partial charge is 0.469 e. The first-order valence-electron chi connectivity index (χ1n) is 6.88. The minimum atomic E-state index is -3.53. The highest BCUT2D eigenvalue weighted by molar-refractivity contribution is 7.89. The Balaban J connectivity index is 2.15. The standard InChI is InChI=1S/C14H20N2O4S/c1-16(10-11-6-8-15-9-7-11)21(18,19)13-5-3-4-12(13)14(17)20-2/h6-9,12-13H,3-5,10H2,1-2H3. The summed E-state index contributed by atoms with van der Waals surface area (Å²) in [5, 5.41) is -0.684. The highest BCUT2D eigenvalue weighted by Crippen LogP contribution is 2.33. The van der Waals surface area contributed by atoms with Crippen LogP contribution in [0.15, 0.2) is 24.5 Å². The number of ether oxygens (including phenoxy) is 1. The van der Waals surface area contributed by atoms with Gasteiger partial charge in [0, 0.05) is 26.0 Å². The summed E-state index contributed by atoms with van der Waals surface area (Å²) in [6.45, 7) is 0.273. The average molecular weight is 312 g/mol. The van der Waals surface area contributed by atoms with Gasteiger partial charge in [0.1, 0.15) is 0 Å². The smallest absolute Gasteiger partial charge is 0.310 e. The average Bonchev–Trinajstić information content (AvgIpc) is 2.97. The molecule has 1 aromatic rings. The number of sulfonamides is 1. The molecule has 0 bridgehead atoms. The molecule has 7 heteroatoms. The molecule has 0 saturated heterocycles. The molecule has 1 heterocycles. The van der Waals surface area contributed by atoms with Crippen molar-refractivity contribution in [1.29, 1.82) is 0 Å². The van der Waals surface area contributed by atoms with Crippen LogP contribution in [0.2, 0.25) is 0 Å². The molecule has 116 valence electrons. The van der Waals surface area contributed by atoms with Crippen LogP contribution in [0.4, 0.5) is 0 Å². The third kappa shape index (κ3) is 3.41. The Labute approximate surface area is 125 Å². The van der Waals surface area contributed by atoms with Crippen LogP contribution in [-0.4, -0.2) is 43.1 Å². The van der Waals surface area contributed by atoms with Gasteiger partial charge in [-0.15, -0.1) is 0 Å². The number of methoxy groups -OCH3 is 1. The summed E-state index contributed by atoms with van der Waals surface area (Å²) in [7, 11) is -0.688. The number of hydrogen-bond donors (Lipinski definition) is 0. The van der Waals surface area contributed by atoms with Gasteiger partial charge in [0.15, 0.2) is 0 Å². The Bertz CT molecular complexity index is 588. The Kier molecular flexibility index (Phi) is 4.95. The van der Waals surface area contributed by atoms with E-state index in [0.717, 1.165) is 12.0 Å². The van der Waals surface area contributed by atoms with Gasteiger partial charge in [0.05, 0.1) is 18.3 Å². The molecule has 2 unspecified atom stereocenters. The van der Waals surface area contributed by atoms with Crippen molar-refractivity contribution in [3.05, 3.63) is 30.1 Å². The minimum absolute atomic E-state index is 0.273. The first-order chi connectivity index (χ1) is 9.96. The molecule has 1 aliphatic rings. The Morgan fingerprint density at radius 3 is 2.67 bits per heavy atom. The quantitative estimate of drug-likeness (QED) is 0.763. The fraction of sp³-hybridized carbons (Fsp3) is 0.571. The van der Waals surface area contributed by atoms with Gasteiger partial charge in [-0.2, -0.15) is 0 Å². The van der Waals surface area contributed by atoms with E-state index in [1.807, 2.05) is 0 Å². The van der Waals surface area contributed by atoms with Crippen molar-refractivity contribution in [2.75, 3.05) is 14.2 Å². The summed E-state index contributed by atoms with van der Waals surface area (Å²) in [6.07, 6.45) is 5.06. The molecule has 0 aromatic carbocycles. The van der Waals surface area contributed by atoms with Gasteiger partial charge in [-0.05, 0) is 30.5 Å². The molecule has 0 N–H and O–H groups in total. The Morgan fingerprint density at radius 1 is 1.38 bits per heavy atom. The fourth-order valence-corrected chi connectivity index (χ4v) is 4.69. The van der Waals surface area contributed by atoms with E-state index in [-0.39, 0.29) is 6.54 Å². The van der Waals surface area contributed by atoms with Gasteiger partial charge in [0.25, 0.3) is 0 Å². The fourth-order valence-electron chi connectivity index (χ4n) is 2.77. The monoisotopic (exact) mass is 312 g/mol. The summed E-state index contributed by atoms with van der Waals surface area (Å²) < 4.78 is 31.4. The number of hydrogen-bond acceptors (Lipinski definition) is 5. The van der Waals surface area contributed by atoms with Crippen LogP contribution in [0.25, 0.3) is 0 Å². The van der Waals surface area contributed by atoms with E-state index in [0.29, 0.717) is 12.8 Å². The van der Waals surface area contributed by atoms with Crippen molar-refractivity contribution in [1.82, 2.24) is 9.29 Å². The second kappa shape index (κ2) is 6.53. The summed E-state index contributed by atoms with van der Waals surface area (Å²) in [5.74, 6) is -0.988. The van der Waals surface area contributed by atoms with Crippen molar-refractivity contribution >= 4 is 16.0 Å². The lowest BCUT2D eigenvalue weighted by Crippen LogP contribution is -2.40. The van der Waals surface area contributed by atoms with Crippen molar-refractivity contribution < 1.29 is 17.9 Å². The lowest BCUT2D eigenvalue weighted by Gasteiger charge is -2.24. The maximum Gasteiger partial charge on any atom is 0.310 e. The van der Waals surface area contributed by atoms with Crippen molar-refractivity contribution in [2.45, 2.75) is 31.1 Å². The van der Waals surface area contributed by atoms with Crippen LogP contribution in [0.1, 0.15) is 24.8 Å². The second-order valence-corrected chi connectivity index (χ2v) is 7.51. The number of aromatic nitrogens is 1. The normalized spacial score (nSPS) is 22.4. The molecule has 0 radical (unpaired) electrons. The van der Waals surface area contributed by atoms with Crippen molar-refractivity contribution in [2.24, 2.45) is 5.92 Å². The predicted molar refractivity (Wildman–Crippen MR) is 77.8 cm³/mol. The third-order valence-corrected chi connectivity index (χ3v) is 6.26. The summed E-state index contributed by atoms with van der Waals surface area (Å²) in [6, 6.07) is 3.55. The predicted octanol–water partition coefficient (Wildman–Crippen LogP) is 1.18. The topological polar surface area (TPSA) is 76.6 Å². The maximum atomic E-state index is 12.7. The van der Waals surface area contributed by atoms with Crippen molar-refractivity contribution in [3.63, 3.8) is 0 Å². The molecular weight excluding hydrogens is 292 g/mol. The molecule has 0 amide bonds. The SMILES string of the molecule is COC(=O)C1CCCC1S(=O)(=O)N(C)Cc1ccncc1. The van der Waals surface area contributed by atoms with Crippen LogP contribution < -0.4 is 0 Å². The van der Waals surface area contributed by atoms with E-state index in [9.17, 15) is 13.2 Å². The summed E-state index contributed by atoms with van der Waals surface area (Å²) in [4.78, 5) is 15.6. The highest BCUT2D eigenvalue weighted by atomic mass is 32.2. The lowest BCUT2D eigenvalue weighted by molar-refractivity contribution is -0.145. The van der Waals surface area contributed by atoms with Gasteiger partial charge in [-0.25, -0.2) is 12.7 Å². The second-order valence-electron chi connectivity index (χ2n) is 5.26. The number of carbonyl (C=O) groups is 1. The molecule has 6 nitrogen and oxygen atoms in total. The van der Waals surface area contributed by atoms with Crippen molar-refractivity contribution in [3.8, 4) is 0 Å². The van der Waals surface area contributed by atoms with E-state index in [1.54, 1.807) is 31.6 Å². The first kappa shape index (κ1) is 15.9. The number of nitrogens with zero attached hydrogens (tertiary/aromatic N) is 2. The van der Waals surface area contributed by atoms with Crippen LogP contribution >= 0.6 is 0 Å². The van der Waals surface area contributed by atoms with Crippen LogP contribution in [0, 0.1) is 5.92 Å². The van der Waals surface area contributed by atoms with E-state index < -0.39 is 27.2 Å². The van der Waals surface area contributed by atoms with E-state index in [2.05, 4.69) is 4.98 Å². The summed E-state index contributed by atoms with van der Waals surface area (Å²) in [5.41, 5.74) is 0.865. The van der Waals surface area contributed by atoms with Gasteiger partial charge in [-0.1, -0.05) is 6.42 Å². The maximum absolute atomic E-state index is 12.7. The Morgan fingerprint density at radius 2 is 2.05 bits per heavy atom. The molecule has 1 aliphatic carbocycles. The summed E-state index contributed by atoms with van der Waals surface area (Å²) >= 11 is 0. The van der Waals surface area contributed by atoms with E-state index >= 15 is 0 Å². The van der Waals surface area contributed by atoms with Gasteiger partial charge >= 0.3 is 5.97 Å². The molecule has 2 rings (SSSR count). The lowest BCUT2D eigenvalue weighted by atomic mass is 10.1. The zero-order valence-corrected chi connectivity index (χ0v) is 13.0. The zero-order chi connectivity index (χ0) is 15.5. The molecule has 1 fully saturated rings. The molecule has 1 aromatic heterocycles. The molecule has 0 aliphatic heterocycles. The van der Waals surface area contributed by atoms with Gasteiger partial charge < -0.3 is 4.74 Å². The number of pyridine rings is 1. The van der Waals surface area contributed by atoms with E-state index in [4.69, 9.17) is 4.74 Å². The molecule has 1 saturated carbocycles. The minimum Gasteiger partial charge on any atom is -0.469 e. The zero-order valence-electron chi connectivity index (χ0n) is 12.2. The highest BCUT2D eigenvalue weighted by Gasteiger charge is 2.43. The Hall–Kier alpha value is -1.47. The molecule has 2 atom stereocenters. The van der Waals surface area contributed by atoms with Crippen LogP contribution in [0.3, 0.4) is 0 Å². The van der Waals surface area contributed by atoms with E-state index in [1.165, 1.54) is 11.4 Å². The third-order valence-electron chi connectivity index (χ3n) is 3.93. The number of carbonyl (C=O) groups excluding carboxylic acids is 1. The van der Waals surface area contributed by atoms with Gasteiger partial charge in [-0.3, -0.25) is 9.78 Å². The number of rotatable bonds is 5.